The Bertz CT molecular complexity index is 571. The quantitative estimate of drug-likeness (QED) is 0.733. The number of amides is 2. The van der Waals surface area contributed by atoms with E-state index in [2.05, 4.69) is 5.32 Å². The van der Waals surface area contributed by atoms with Gasteiger partial charge in [0.15, 0.2) is 5.11 Å². The van der Waals surface area contributed by atoms with Crippen molar-refractivity contribution in [1.82, 2.24) is 10.2 Å². The van der Waals surface area contributed by atoms with Crippen LogP contribution < -0.4 is 11.1 Å². The van der Waals surface area contributed by atoms with E-state index in [9.17, 15) is 9.59 Å². The van der Waals surface area contributed by atoms with Crippen LogP contribution in [-0.4, -0.2) is 39.7 Å². The maximum Gasteiger partial charge on any atom is 0.404 e. The topological polar surface area (TPSA) is 95.7 Å². The third-order valence-electron chi connectivity index (χ3n) is 4.20. The normalized spacial score (nSPS) is 20.5. The standard InChI is InChI=1S/C16H21N3O3S/c17-15(23)19(14(20)12-4-2-1-3-5-12)13-8-6-11(7-9-13)10-18-16(21)22/h1-5,11,13,18H,6-10H2,(H2,17,23)(H,21,22). The van der Waals surface area contributed by atoms with Crippen LogP contribution in [0.3, 0.4) is 0 Å². The highest BCUT2D eigenvalue weighted by atomic mass is 32.1. The summed E-state index contributed by atoms with van der Waals surface area (Å²) in [4.78, 5) is 24.7. The fraction of sp³-hybridized carbons (Fsp3) is 0.438. The molecule has 0 bridgehead atoms. The van der Waals surface area contributed by atoms with Gasteiger partial charge in [-0.05, 0) is 56.0 Å². The van der Waals surface area contributed by atoms with Gasteiger partial charge in [-0.3, -0.25) is 9.69 Å². The predicted octanol–water partition coefficient (Wildman–Crippen LogP) is 2.20. The summed E-state index contributed by atoms with van der Waals surface area (Å²) in [7, 11) is 0. The van der Waals surface area contributed by atoms with E-state index in [1.165, 1.54) is 4.90 Å². The summed E-state index contributed by atoms with van der Waals surface area (Å²) < 4.78 is 0. The summed E-state index contributed by atoms with van der Waals surface area (Å²) in [6.45, 7) is 0.446. The number of nitrogens with one attached hydrogen (secondary N) is 1. The first-order valence-electron chi connectivity index (χ1n) is 7.64. The van der Waals surface area contributed by atoms with Crippen LogP contribution in [0.1, 0.15) is 36.0 Å². The van der Waals surface area contributed by atoms with Crippen molar-refractivity contribution >= 4 is 29.3 Å². The molecule has 1 saturated carbocycles. The van der Waals surface area contributed by atoms with E-state index < -0.39 is 6.09 Å². The van der Waals surface area contributed by atoms with Crippen molar-refractivity contribution in [2.75, 3.05) is 6.54 Å². The van der Waals surface area contributed by atoms with Crippen molar-refractivity contribution in [2.24, 2.45) is 11.7 Å². The number of rotatable bonds is 4. The lowest BCUT2D eigenvalue weighted by molar-refractivity contribution is 0.0763. The van der Waals surface area contributed by atoms with Crippen LogP contribution >= 0.6 is 12.2 Å². The molecule has 4 N–H and O–H groups in total. The Morgan fingerprint density at radius 3 is 2.35 bits per heavy atom. The second kappa shape index (κ2) is 7.92. The van der Waals surface area contributed by atoms with Crippen LogP contribution in [0.5, 0.6) is 0 Å². The van der Waals surface area contributed by atoms with Gasteiger partial charge in [-0.2, -0.15) is 0 Å². The van der Waals surface area contributed by atoms with Crippen molar-refractivity contribution in [3.63, 3.8) is 0 Å². The van der Waals surface area contributed by atoms with Crippen LogP contribution in [0.25, 0.3) is 0 Å². The molecule has 0 saturated heterocycles. The summed E-state index contributed by atoms with van der Waals surface area (Å²) in [6, 6.07) is 8.93. The van der Waals surface area contributed by atoms with Gasteiger partial charge in [0.25, 0.3) is 5.91 Å². The zero-order valence-corrected chi connectivity index (χ0v) is 13.6. The van der Waals surface area contributed by atoms with Gasteiger partial charge >= 0.3 is 6.09 Å². The van der Waals surface area contributed by atoms with Crippen molar-refractivity contribution < 1.29 is 14.7 Å². The molecule has 2 amide bonds. The molecule has 7 heteroatoms. The summed E-state index contributed by atoms with van der Waals surface area (Å²) >= 11 is 5.08. The fourth-order valence-corrected chi connectivity index (χ4v) is 3.24. The number of carbonyl (C=O) groups is 2. The Labute approximate surface area is 140 Å². The van der Waals surface area contributed by atoms with Crippen molar-refractivity contribution in [3.8, 4) is 0 Å². The highest BCUT2D eigenvalue weighted by Gasteiger charge is 2.31. The zero-order chi connectivity index (χ0) is 16.8. The Hall–Kier alpha value is -2.15. The largest absolute Gasteiger partial charge is 0.465 e. The van der Waals surface area contributed by atoms with Crippen LogP contribution in [0.4, 0.5) is 4.79 Å². The third kappa shape index (κ3) is 4.66. The van der Waals surface area contributed by atoms with Gasteiger partial charge in [0.1, 0.15) is 0 Å². The maximum absolute atomic E-state index is 12.7. The Balaban J connectivity index is 1.99. The number of nitrogens with zero attached hydrogens (tertiary/aromatic N) is 1. The molecule has 0 heterocycles. The number of hydrogen-bond donors (Lipinski definition) is 3. The Morgan fingerprint density at radius 1 is 1.22 bits per heavy atom. The first-order chi connectivity index (χ1) is 11.0. The van der Waals surface area contributed by atoms with E-state index in [0.29, 0.717) is 18.0 Å². The Kier molecular flexibility index (Phi) is 5.92. The van der Waals surface area contributed by atoms with Crippen molar-refractivity contribution in [2.45, 2.75) is 31.7 Å². The smallest absolute Gasteiger partial charge is 0.404 e. The second-order valence-corrected chi connectivity index (χ2v) is 6.16. The molecule has 2 rings (SSSR count). The molecule has 1 aromatic carbocycles. The molecule has 0 atom stereocenters. The molecule has 1 fully saturated rings. The van der Waals surface area contributed by atoms with Crippen LogP contribution in [0.15, 0.2) is 30.3 Å². The second-order valence-electron chi connectivity index (χ2n) is 5.74. The number of nitrogens with two attached hydrogens (primary N) is 1. The first kappa shape index (κ1) is 17.2. The average Bonchev–Trinajstić information content (AvgIpc) is 2.54. The summed E-state index contributed by atoms with van der Waals surface area (Å²) in [5.74, 6) is 0.118. The Morgan fingerprint density at radius 2 is 1.83 bits per heavy atom. The minimum atomic E-state index is -1.00. The van der Waals surface area contributed by atoms with E-state index >= 15 is 0 Å². The minimum Gasteiger partial charge on any atom is -0.465 e. The lowest BCUT2D eigenvalue weighted by Gasteiger charge is -2.36. The number of hydrogen-bond acceptors (Lipinski definition) is 3. The van der Waals surface area contributed by atoms with Crippen LogP contribution in [0.2, 0.25) is 0 Å². The van der Waals surface area contributed by atoms with E-state index in [0.717, 1.165) is 25.7 Å². The van der Waals surface area contributed by atoms with E-state index in [1.807, 2.05) is 6.07 Å². The molecule has 6 nitrogen and oxygen atoms in total. The fourth-order valence-electron chi connectivity index (χ4n) is 3.00. The average molecular weight is 335 g/mol. The van der Waals surface area contributed by atoms with E-state index in [4.69, 9.17) is 23.1 Å². The molecule has 124 valence electrons. The molecule has 1 aromatic rings. The highest BCUT2D eigenvalue weighted by molar-refractivity contribution is 7.80. The summed E-state index contributed by atoms with van der Waals surface area (Å²) in [6.07, 6.45) is 2.21. The summed E-state index contributed by atoms with van der Waals surface area (Å²) in [5, 5.41) is 11.2. The third-order valence-corrected chi connectivity index (χ3v) is 4.40. The van der Waals surface area contributed by atoms with Gasteiger partial charge in [0, 0.05) is 18.2 Å². The minimum absolute atomic E-state index is 0.0266. The molecule has 0 aromatic heterocycles. The molecular formula is C16H21N3O3S. The van der Waals surface area contributed by atoms with Gasteiger partial charge in [0.05, 0.1) is 0 Å². The number of carbonyl (C=O) groups excluding carboxylic acids is 1. The van der Waals surface area contributed by atoms with E-state index in [1.54, 1.807) is 24.3 Å². The SMILES string of the molecule is NC(=S)N(C(=O)c1ccccc1)C1CCC(CNC(=O)O)CC1. The monoisotopic (exact) mass is 335 g/mol. The van der Waals surface area contributed by atoms with Gasteiger partial charge in [0.2, 0.25) is 0 Å². The molecular weight excluding hydrogens is 314 g/mol. The van der Waals surface area contributed by atoms with Gasteiger partial charge in [-0.15, -0.1) is 0 Å². The number of carboxylic acid groups (broad SMARTS) is 1. The van der Waals surface area contributed by atoms with E-state index in [-0.39, 0.29) is 17.1 Å². The highest BCUT2D eigenvalue weighted by Crippen LogP contribution is 2.28. The molecule has 0 aliphatic heterocycles. The van der Waals surface area contributed by atoms with Crippen LogP contribution in [-0.2, 0) is 0 Å². The molecule has 0 unspecified atom stereocenters. The maximum atomic E-state index is 12.7. The molecule has 0 spiro atoms. The van der Waals surface area contributed by atoms with Crippen LogP contribution in [0, 0.1) is 5.92 Å². The molecule has 0 radical (unpaired) electrons. The van der Waals surface area contributed by atoms with Gasteiger partial charge in [-0.25, -0.2) is 4.79 Å². The number of thiocarbonyl (C=S) groups is 1. The predicted molar refractivity (Wildman–Crippen MR) is 91.2 cm³/mol. The number of benzene rings is 1. The lowest BCUT2D eigenvalue weighted by Crippen LogP contribution is -2.49. The molecule has 1 aliphatic carbocycles. The zero-order valence-electron chi connectivity index (χ0n) is 12.8. The molecule has 23 heavy (non-hydrogen) atoms. The van der Waals surface area contributed by atoms with Crippen molar-refractivity contribution in [1.29, 1.82) is 0 Å². The molecule has 1 aliphatic rings. The summed E-state index contributed by atoms with van der Waals surface area (Å²) in [5.41, 5.74) is 6.35. The lowest BCUT2D eigenvalue weighted by atomic mass is 9.85. The van der Waals surface area contributed by atoms with Crippen molar-refractivity contribution in [3.05, 3.63) is 35.9 Å². The van der Waals surface area contributed by atoms with Gasteiger partial charge in [-0.1, -0.05) is 18.2 Å². The first-order valence-corrected chi connectivity index (χ1v) is 8.04. The van der Waals surface area contributed by atoms with Gasteiger partial charge < -0.3 is 16.2 Å².